The average Bonchev–Trinajstić information content (AvgIpc) is 2.51. The summed E-state index contributed by atoms with van der Waals surface area (Å²) in [6.07, 6.45) is 1.46. The fraction of sp³-hybridized carbons (Fsp3) is 0.158. The van der Waals surface area contributed by atoms with Gasteiger partial charge >= 0.3 is 5.63 Å². The number of hydrogen-bond acceptors (Lipinski definition) is 4. The first-order chi connectivity index (χ1) is 11.0. The van der Waals surface area contributed by atoms with Gasteiger partial charge < -0.3 is 4.42 Å². The van der Waals surface area contributed by atoms with Crippen molar-refractivity contribution in [1.29, 1.82) is 0 Å². The fourth-order valence-corrected chi connectivity index (χ4v) is 2.72. The monoisotopic (exact) mass is 305 g/mol. The molecule has 0 unspecified atom stereocenters. The molecule has 0 radical (unpaired) electrons. The molecule has 3 aromatic rings. The van der Waals surface area contributed by atoms with Gasteiger partial charge in [-0.1, -0.05) is 24.3 Å². The standard InChI is InChI=1S/C19H15NO3/c1-11-6-4-5-7-14(11)17-15-8-12(2)13(3)9-16(15)23-19(22)18(17)20-10-21/h4-9H,1-3H3. The molecule has 23 heavy (non-hydrogen) atoms. The lowest BCUT2D eigenvalue weighted by Crippen LogP contribution is -2.02. The summed E-state index contributed by atoms with van der Waals surface area (Å²) in [5.74, 6) is 0. The van der Waals surface area contributed by atoms with Crippen molar-refractivity contribution in [3.63, 3.8) is 0 Å². The average molecular weight is 305 g/mol. The molecule has 0 aliphatic heterocycles. The first kappa shape index (κ1) is 14.9. The van der Waals surface area contributed by atoms with Crippen molar-refractivity contribution in [2.24, 2.45) is 4.99 Å². The van der Waals surface area contributed by atoms with Gasteiger partial charge in [-0.2, -0.15) is 4.99 Å². The Labute approximate surface area is 133 Å². The molecule has 3 rings (SSSR count). The van der Waals surface area contributed by atoms with Gasteiger partial charge in [0.15, 0.2) is 5.69 Å². The summed E-state index contributed by atoms with van der Waals surface area (Å²) in [5.41, 5.74) is 4.39. The maximum absolute atomic E-state index is 12.3. The number of aryl methyl sites for hydroxylation is 3. The van der Waals surface area contributed by atoms with Crippen molar-refractivity contribution in [2.45, 2.75) is 20.8 Å². The maximum atomic E-state index is 12.3. The first-order valence-corrected chi connectivity index (χ1v) is 7.25. The predicted octanol–water partition coefficient (Wildman–Crippen LogP) is 4.35. The Morgan fingerprint density at radius 2 is 1.70 bits per heavy atom. The summed E-state index contributed by atoms with van der Waals surface area (Å²) in [6, 6.07) is 11.5. The van der Waals surface area contributed by atoms with E-state index in [0.717, 1.165) is 27.6 Å². The highest BCUT2D eigenvalue weighted by molar-refractivity contribution is 6.00. The van der Waals surface area contributed by atoms with Crippen LogP contribution >= 0.6 is 0 Å². The van der Waals surface area contributed by atoms with Gasteiger partial charge in [0.25, 0.3) is 0 Å². The molecule has 0 bridgehead atoms. The van der Waals surface area contributed by atoms with Crippen LogP contribution in [0.3, 0.4) is 0 Å². The lowest BCUT2D eigenvalue weighted by atomic mass is 9.94. The van der Waals surface area contributed by atoms with Crippen molar-refractivity contribution in [3.05, 3.63) is 63.5 Å². The maximum Gasteiger partial charge on any atom is 0.363 e. The summed E-state index contributed by atoms with van der Waals surface area (Å²) >= 11 is 0. The van der Waals surface area contributed by atoms with Gasteiger partial charge in [-0.15, -0.1) is 0 Å². The van der Waals surface area contributed by atoms with E-state index in [1.807, 2.05) is 57.2 Å². The molecule has 114 valence electrons. The number of rotatable bonds is 2. The van der Waals surface area contributed by atoms with E-state index < -0.39 is 5.63 Å². The van der Waals surface area contributed by atoms with Gasteiger partial charge in [-0.3, -0.25) is 0 Å². The normalized spacial score (nSPS) is 10.6. The molecule has 0 saturated heterocycles. The van der Waals surface area contributed by atoms with Crippen molar-refractivity contribution in [1.82, 2.24) is 0 Å². The molecule has 0 fully saturated rings. The second-order valence-corrected chi connectivity index (χ2v) is 5.56. The van der Waals surface area contributed by atoms with Crippen molar-refractivity contribution in [2.75, 3.05) is 0 Å². The number of fused-ring (bicyclic) bond motifs is 1. The molecule has 0 saturated carbocycles. The summed E-state index contributed by atoms with van der Waals surface area (Å²) < 4.78 is 5.35. The number of benzene rings is 2. The smallest absolute Gasteiger partial charge is 0.363 e. The Bertz CT molecular complexity index is 1020. The van der Waals surface area contributed by atoms with Crippen LogP contribution in [-0.2, 0) is 4.79 Å². The molecule has 2 aromatic carbocycles. The molecule has 0 N–H and O–H groups in total. The second-order valence-electron chi connectivity index (χ2n) is 5.56. The zero-order chi connectivity index (χ0) is 16.6. The van der Waals surface area contributed by atoms with E-state index in [0.29, 0.717) is 11.1 Å². The predicted molar refractivity (Wildman–Crippen MR) is 89.9 cm³/mol. The van der Waals surface area contributed by atoms with Crippen LogP contribution in [0.5, 0.6) is 0 Å². The van der Waals surface area contributed by atoms with Crippen LogP contribution in [0.15, 0.2) is 50.6 Å². The molecule has 0 amide bonds. The van der Waals surface area contributed by atoms with Crippen LogP contribution in [0.1, 0.15) is 16.7 Å². The molecule has 0 atom stereocenters. The highest BCUT2D eigenvalue weighted by atomic mass is 16.4. The summed E-state index contributed by atoms with van der Waals surface area (Å²) in [7, 11) is 0. The Hall–Kier alpha value is -2.97. The van der Waals surface area contributed by atoms with Crippen LogP contribution in [-0.4, -0.2) is 6.08 Å². The molecule has 0 spiro atoms. The van der Waals surface area contributed by atoms with E-state index in [1.165, 1.54) is 6.08 Å². The Kier molecular flexibility index (Phi) is 3.68. The van der Waals surface area contributed by atoms with Gasteiger partial charge in [-0.05, 0) is 55.2 Å². The van der Waals surface area contributed by atoms with Gasteiger partial charge in [-0.25, -0.2) is 9.59 Å². The quantitative estimate of drug-likeness (QED) is 0.401. The van der Waals surface area contributed by atoms with E-state index >= 15 is 0 Å². The molecule has 0 aliphatic carbocycles. The minimum absolute atomic E-state index is 0.00921. The highest BCUT2D eigenvalue weighted by Gasteiger charge is 2.18. The fourth-order valence-electron chi connectivity index (χ4n) is 2.72. The van der Waals surface area contributed by atoms with E-state index in [9.17, 15) is 9.59 Å². The Morgan fingerprint density at radius 1 is 1.00 bits per heavy atom. The zero-order valence-electron chi connectivity index (χ0n) is 13.1. The molecule has 1 heterocycles. The van der Waals surface area contributed by atoms with Gasteiger partial charge in [0.2, 0.25) is 6.08 Å². The largest absolute Gasteiger partial charge is 0.421 e. The van der Waals surface area contributed by atoms with E-state index in [1.54, 1.807) is 0 Å². The van der Waals surface area contributed by atoms with Crippen LogP contribution < -0.4 is 5.63 Å². The summed E-state index contributed by atoms with van der Waals surface area (Å²) in [6.45, 7) is 5.90. The van der Waals surface area contributed by atoms with Crippen LogP contribution in [0.2, 0.25) is 0 Å². The number of carbonyl (C=O) groups excluding carboxylic acids is 1. The SMILES string of the molecule is Cc1cc2oc(=O)c(N=C=O)c(-c3ccccc3C)c2cc1C. The van der Waals surface area contributed by atoms with Gasteiger partial charge in [0.1, 0.15) is 5.58 Å². The second kappa shape index (κ2) is 5.67. The Balaban J connectivity index is 2.57. The Morgan fingerprint density at radius 3 is 2.39 bits per heavy atom. The van der Waals surface area contributed by atoms with E-state index in [2.05, 4.69) is 4.99 Å². The minimum Gasteiger partial charge on any atom is -0.421 e. The highest BCUT2D eigenvalue weighted by Crippen LogP contribution is 2.37. The van der Waals surface area contributed by atoms with E-state index in [4.69, 9.17) is 4.42 Å². The molecule has 1 aromatic heterocycles. The molecule has 4 heteroatoms. The molecular weight excluding hydrogens is 290 g/mol. The summed E-state index contributed by atoms with van der Waals surface area (Å²) in [5, 5.41) is 0.760. The van der Waals surface area contributed by atoms with Crippen LogP contribution in [0.4, 0.5) is 5.69 Å². The first-order valence-electron chi connectivity index (χ1n) is 7.25. The number of aliphatic imine (C=N–C) groups is 1. The summed E-state index contributed by atoms with van der Waals surface area (Å²) in [4.78, 5) is 26.7. The lowest BCUT2D eigenvalue weighted by molar-refractivity contribution is 0.557. The van der Waals surface area contributed by atoms with Gasteiger partial charge in [0.05, 0.1) is 0 Å². The third-order valence-corrected chi connectivity index (χ3v) is 4.07. The third-order valence-electron chi connectivity index (χ3n) is 4.07. The van der Waals surface area contributed by atoms with Crippen LogP contribution in [0.25, 0.3) is 22.1 Å². The number of isocyanates is 1. The minimum atomic E-state index is -0.637. The van der Waals surface area contributed by atoms with Crippen molar-refractivity contribution < 1.29 is 9.21 Å². The number of hydrogen-bond donors (Lipinski definition) is 0. The molecular formula is C19H15NO3. The van der Waals surface area contributed by atoms with Crippen LogP contribution in [0, 0.1) is 20.8 Å². The van der Waals surface area contributed by atoms with Crippen molar-refractivity contribution in [3.8, 4) is 11.1 Å². The van der Waals surface area contributed by atoms with E-state index in [-0.39, 0.29) is 5.69 Å². The topological polar surface area (TPSA) is 59.6 Å². The van der Waals surface area contributed by atoms with Crippen molar-refractivity contribution >= 4 is 22.7 Å². The van der Waals surface area contributed by atoms with Gasteiger partial charge in [0, 0.05) is 10.9 Å². The molecule has 0 aliphatic rings. The third kappa shape index (κ3) is 2.50. The molecule has 4 nitrogen and oxygen atoms in total. The number of nitrogens with zero attached hydrogens (tertiary/aromatic N) is 1. The zero-order valence-corrected chi connectivity index (χ0v) is 13.1. The lowest BCUT2D eigenvalue weighted by Gasteiger charge is -2.12.